The lowest BCUT2D eigenvalue weighted by molar-refractivity contribution is 0.403. The zero-order chi connectivity index (χ0) is 14.8. The van der Waals surface area contributed by atoms with Gasteiger partial charge in [0.2, 0.25) is 0 Å². The number of aryl methyl sites for hydroxylation is 1. The summed E-state index contributed by atoms with van der Waals surface area (Å²) < 4.78 is 32.5. The molecule has 0 aromatic heterocycles. The molecule has 4 nitrogen and oxygen atoms in total. The summed E-state index contributed by atoms with van der Waals surface area (Å²) in [6.07, 6.45) is 0. The quantitative estimate of drug-likeness (QED) is 0.940. The summed E-state index contributed by atoms with van der Waals surface area (Å²) in [4.78, 5) is 0.00996. The molecule has 0 bridgehead atoms. The van der Waals surface area contributed by atoms with Gasteiger partial charge in [0.1, 0.15) is 10.6 Å². The van der Waals surface area contributed by atoms with Gasteiger partial charge in [0, 0.05) is 5.02 Å². The van der Waals surface area contributed by atoms with Gasteiger partial charge in [-0.3, -0.25) is 4.72 Å². The smallest absolute Gasteiger partial charge is 0.265 e. The predicted octanol–water partition coefficient (Wildman–Crippen LogP) is 3.46. The summed E-state index contributed by atoms with van der Waals surface area (Å²) in [6, 6.07) is 11.6. The van der Waals surface area contributed by atoms with Crippen LogP contribution in [0.5, 0.6) is 5.75 Å². The normalized spacial score (nSPS) is 11.2. The first-order valence-corrected chi connectivity index (χ1v) is 7.72. The fraction of sp³-hybridized carbons (Fsp3) is 0.143. The molecule has 0 radical (unpaired) electrons. The maximum atomic E-state index is 12.4. The number of para-hydroxylation sites is 1. The van der Waals surface area contributed by atoms with Crippen molar-refractivity contribution in [2.75, 3.05) is 11.8 Å². The highest BCUT2D eigenvalue weighted by atomic mass is 35.5. The van der Waals surface area contributed by atoms with E-state index in [-0.39, 0.29) is 10.6 Å². The molecular weight excluding hydrogens is 298 g/mol. The summed E-state index contributed by atoms with van der Waals surface area (Å²) >= 11 is 5.87. The largest absolute Gasteiger partial charge is 0.495 e. The van der Waals surface area contributed by atoms with Crippen LogP contribution in [0, 0.1) is 6.92 Å². The number of sulfonamides is 1. The fourth-order valence-corrected chi connectivity index (χ4v) is 3.31. The van der Waals surface area contributed by atoms with Crippen molar-refractivity contribution in [2.24, 2.45) is 0 Å². The van der Waals surface area contributed by atoms with E-state index in [1.165, 1.54) is 19.2 Å². The van der Waals surface area contributed by atoms with Gasteiger partial charge in [-0.2, -0.15) is 0 Å². The molecule has 20 heavy (non-hydrogen) atoms. The third-order valence-corrected chi connectivity index (χ3v) is 4.43. The number of ether oxygens (including phenoxy) is 1. The van der Waals surface area contributed by atoms with E-state index in [0.717, 1.165) is 5.56 Å². The first-order valence-electron chi connectivity index (χ1n) is 5.86. The highest BCUT2D eigenvalue weighted by Gasteiger charge is 2.20. The van der Waals surface area contributed by atoms with Crippen LogP contribution in [0.3, 0.4) is 0 Å². The summed E-state index contributed by atoms with van der Waals surface area (Å²) in [6.45, 7) is 1.83. The molecule has 0 fully saturated rings. The second kappa shape index (κ2) is 5.73. The third kappa shape index (κ3) is 3.05. The second-order valence-corrected chi connectivity index (χ2v) is 6.30. The third-order valence-electron chi connectivity index (χ3n) is 2.80. The van der Waals surface area contributed by atoms with Crippen LogP contribution in [-0.4, -0.2) is 15.5 Å². The molecule has 0 atom stereocenters. The number of methoxy groups -OCH3 is 1. The molecule has 1 N–H and O–H groups in total. The van der Waals surface area contributed by atoms with Crippen LogP contribution < -0.4 is 9.46 Å². The number of hydrogen-bond donors (Lipinski definition) is 1. The first kappa shape index (κ1) is 14.7. The predicted molar refractivity (Wildman–Crippen MR) is 80.0 cm³/mol. The Morgan fingerprint density at radius 2 is 1.85 bits per heavy atom. The van der Waals surface area contributed by atoms with E-state index in [4.69, 9.17) is 16.3 Å². The standard InChI is InChI=1S/C14H14ClNO3S/c1-10-5-3-4-6-12(10)16-20(17,18)14-9-11(15)7-8-13(14)19-2/h3-9,16H,1-2H3. The minimum Gasteiger partial charge on any atom is -0.495 e. The topological polar surface area (TPSA) is 55.4 Å². The van der Waals surface area contributed by atoms with Crippen molar-refractivity contribution in [3.63, 3.8) is 0 Å². The van der Waals surface area contributed by atoms with Gasteiger partial charge in [-0.1, -0.05) is 29.8 Å². The zero-order valence-corrected chi connectivity index (χ0v) is 12.6. The minimum atomic E-state index is -3.76. The van der Waals surface area contributed by atoms with Crippen LogP contribution in [0.15, 0.2) is 47.4 Å². The van der Waals surface area contributed by atoms with Gasteiger partial charge in [0.15, 0.2) is 0 Å². The van der Waals surface area contributed by atoms with Crippen molar-refractivity contribution in [3.8, 4) is 5.75 Å². The van der Waals surface area contributed by atoms with E-state index in [1.807, 2.05) is 19.1 Å². The summed E-state index contributed by atoms with van der Waals surface area (Å²) in [5.41, 5.74) is 1.35. The maximum Gasteiger partial charge on any atom is 0.265 e. The van der Waals surface area contributed by atoms with Crippen molar-refractivity contribution < 1.29 is 13.2 Å². The molecule has 2 aromatic carbocycles. The molecule has 2 rings (SSSR count). The molecule has 0 heterocycles. The molecule has 0 unspecified atom stereocenters. The summed E-state index contributed by atoms with van der Waals surface area (Å²) in [5, 5.41) is 0.330. The van der Waals surface area contributed by atoms with Crippen LogP contribution in [0.2, 0.25) is 5.02 Å². The van der Waals surface area contributed by atoms with Crippen molar-refractivity contribution in [2.45, 2.75) is 11.8 Å². The first-order chi connectivity index (χ1) is 9.44. The Labute approximate surface area is 123 Å². The average molecular weight is 312 g/mol. The van der Waals surface area contributed by atoms with Gasteiger partial charge >= 0.3 is 0 Å². The monoisotopic (exact) mass is 311 g/mol. The minimum absolute atomic E-state index is 0.00996. The molecule has 2 aromatic rings. The van der Waals surface area contributed by atoms with Gasteiger partial charge in [0.05, 0.1) is 12.8 Å². The Morgan fingerprint density at radius 3 is 2.50 bits per heavy atom. The van der Waals surface area contributed by atoms with Gasteiger partial charge in [0.25, 0.3) is 10.0 Å². The molecule has 0 saturated heterocycles. The number of anilines is 1. The molecule has 0 aliphatic heterocycles. The van der Waals surface area contributed by atoms with Crippen LogP contribution in [-0.2, 0) is 10.0 Å². The summed E-state index contributed by atoms with van der Waals surface area (Å²) in [5.74, 6) is 0.246. The Bertz CT molecular complexity index is 729. The molecule has 0 saturated carbocycles. The lowest BCUT2D eigenvalue weighted by Gasteiger charge is -2.13. The van der Waals surface area contributed by atoms with Crippen molar-refractivity contribution in [3.05, 3.63) is 53.1 Å². The van der Waals surface area contributed by atoms with Crippen LogP contribution in [0.1, 0.15) is 5.56 Å². The molecule has 0 aliphatic carbocycles. The number of benzene rings is 2. The lowest BCUT2D eigenvalue weighted by Crippen LogP contribution is -2.14. The molecule has 6 heteroatoms. The highest BCUT2D eigenvalue weighted by molar-refractivity contribution is 7.92. The fourth-order valence-electron chi connectivity index (χ4n) is 1.75. The molecule has 0 aliphatic rings. The van der Waals surface area contributed by atoms with Gasteiger partial charge < -0.3 is 4.74 Å². The lowest BCUT2D eigenvalue weighted by atomic mass is 10.2. The van der Waals surface area contributed by atoms with Crippen LogP contribution in [0.25, 0.3) is 0 Å². The highest BCUT2D eigenvalue weighted by Crippen LogP contribution is 2.29. The molecule has 0 amide bonds. The Morgan fingerprint density at radius 1 is 1.15 bits per heavy atom. The SMILES string of the molecule is COc1ccc(Cl)cc1S(=O)(=O)Nc1ccccc1C. The Kier molecular flexibility index (Phi) is 4.20. The van der Waals surface area contributed by atoms with E-state index in [2.05, 4.69) is 4.72 Å². The maximum absolute atomic E-state index is 12.4. The van der Waals surface area contributed by atoms with E-state index in [0.29, 0.717) is 10.7 Å². The van der Waals surface area contributed by atoms with E-state index in [1.54, 1.807) is 18.2 Å². The van der Waals surface area contributed by atoms with E-state index >= 15 is 0 Å². The van der Waals surface area contributed by atoms with E-state index < -0.39 is 10.0 Å². The number of rotatable bonds is 4. The molecule has 0 spiro atoms. The number of nitrogens with one attached hydrogen (secondary N) is 1. The average Bonchev–Trinajstić information content (AvgIpc) is 2.41. The van der Waals surface area contributed by atoms with Gasteiger partial charge in [-0.05, 0) is 36.8 Å². The van der Waals surface area contributed by atoms with Gasteiger partial charge in [-0.25, -0.2) is 8.42 Å². The number of hydrogen-bond acceptors (Lipinski definition) is 3. The summed E-state index contributed by atoms with van der Waals surface area (Å²) in [7, 11) is -2.35. The molecular formula is C14H14ClNO3S. The van der Waals surface area contributed by atoms with Crippen molar-refractivity contribution in [1.82, 2.24) is 0 Å². The zero-order valence-electron chi connectivity index (χ0n) is 11.1. The van der Waals surface area contributed by atoms with E-state index in [9.17, 15) is 8.42 Å². The Balaban J connectivity index is 2.46. The Hall–Kier alpha value is -1.72. The molecule has 106 valence electrons. The van der Waals surface area contributed by atoms with Crippen molar-refractivity contribution >= 4 is 27.3 Å². The van der Waals surface area contributed by atoms with Crippen LogP contribution in [0.4, 0.5) is 5.69 Å². The number of halogens is 1. The van der Waals surface area contributed by atoms with Crippen LogP contribution >= 0.6 is 11.6 Å². The van der Waals surface area contributed by atoms with Crippen molar-refractivity contribution in [1.29, 1.82) is 0 Å². The van der Waals surface area contributed by atoms with Gasteiger partial charge in [-0.15, -0.1) is 0 Å². The second-order valence-electron chi connectivity index (χ2n) is 4.22.